The highest BCUT2D eigenvalue weighted by molar-refractivity contribution is 4.80. The van der Waals surface area contributed by atoms with Crippen molar-refractivity contribution in [1.29, 1.82) is 0 Å². The maximum atomic E-state index is 3.43. The first-order valence-corrected chi connectivity index (χ1v) is 8.86. The Balaban J connectivity index is 1.29. The summed E-state index contributed by atoms with van der Waals surface area (Å²) in [6.45, 7) is 16.4. The van der Waals surface area contributed by atoms with Crippen LogP contribution >= 0.6 is 0 Å². The molecule has 1 atom stereocenters. The Morgan fingerprint density at radius 3 is 2.05 bits per heavy atom. The van der Waals surface area contributed by atoms with Gasteiger partial charge in [-0.05, 0) is 25.9 Å². The summed E-state index contributed by atoms with van der Waals surface area (Å²) in [5, 5.41) is 3.43. The molecule has 0 saturated carbocycles. The molecular weight excluding hydrogens is 262 g/mol. The smallest absolute Gasteiger partial charge is 0.0110 e. The Hall–Kier alpha value is -0.200. The molecule has 0 spiro atoms. The number of nitrogens with zero attached hydrogens (tertiary/aromatic N) is 4. The standard InChI is InChI=1S/C16H33N5/c1-18-5-2-16(14-18)15-21-12-10-20(11-13-21)9-8-19-6-3-17-4-7-19/h16-17H,2-15H2,1H3. The summed E-state index contributed by atoms with van der Waals surface area (Å²) in [4.78, 5) is 10.5. The van der Waals surface area contributed by atoms with Crippen LogP contribution in [0.4, 0.5) is 0 Å². The first kappa shape index (κ1) is 15.7. The van der Waals surface area contributed by atoms with Crippen LogP contribution in [-0.2, 0) is 0 Å². The van der Waals surface area contributed by atoms with E-state index in [1.165, 1.54) is 91.5 Å². The Morgan fingerprint density at radius 2 is 1.43 bits per heavy atom. The molecule has 1 N–H and O–H groups in total. The van der Waals surface area contributed by atoms with Crippen molar-refractivity contribution >= 4 is 0 Å². The molecule has 3 heterocycles. The van der Waals surface area contributed by atoms with Crippen LogP contribution in [0.5, 0.6) is 0 Å². The molecule has 3 aliphatic rings. The van der Waals surface area contributed by atoms with Crippen LogP contribution in [-0.4, -0.2) is 112 Å². The molecule has 0 aromatic rings. The number of likely N-dealkylation sites (tertiary alicyclic amines) is 1. The lowest BCUT2D eigenvalue weighted by Gasteiger charge is -2.37. The van der Waals surface area contributed by atoms with E-state index in [9.17, 15) is 0 Å². The first-order chi connectivity index (χ1) is 10.3. The van der Waals surface area contributed by atoms with E-state index in [1.54, 1.807) is 0 Å². The molecule has 0 aliphatic carbocycles. The van der Waals surface area contributed by atoms with Crippen LogP contribution in [0.2, 0.25) is 0 Å². The molecule has 3 saturated heterocycles. The van der Waals surface area contributed by atoms with Gasteiger partial charge in [0.2, 0.25) is 0 Å². The fraction of sp³-hybridized carbons (Fsp3) is 1.00. The van der Waals surface area contributed by atoms with Gasteiger partial charge in [0.1, 0.15) is 0 Å². The lowest BCUT2D eigenvalue weighted by molar-refractivity contribution is 0.105. The third kappa shape index (κ3) is 4.89. The molecular formula is C16H33N5. The molecule has 3 fully saturated rings. The van der Waals surface area contributed by atoms with Crippen LogP contribution in [0.15, 0.2) is 0 Å². The Morgan fingerprint density at radius 1 is 0.810 bits per heavy atom. The predicted octanol–water partition coefficient (Wildman–Crippen LogP) is -0.539. The fourth-order valence-corrected chi connectivity index (χ4v) is 3.95. The van der Waals surface area contributed by atoms with Crippen molar-refractivity contribution < 1.29 is 0 Å². The van der Waals surface area contributed by atoms with Gasteiger partial charge < -0.3 is 15.1 Å². The predicted molar refractivity (Wildman–Crippen MR) is 87.8 cm³/mol. The van der Waals surface area contributed by atoms with Gasteiger partial charge in [-0.1, -0.05) is 0 Å². The van der Waals surface area contributed by atoms with Crippen LogP contribution in [0.3, 0.4) is 0 Å². The quantitative estimate of drug-likeness (QED) is 0.735. The zero-order chi connectivity index (χ0) is 14.5. The van der Waals surface area contributed by atoms with Gasteiger partial charge in [0.15, 0.2) is 0 Å². The third-order valence-electron chi connectivity index (χ3n) is 5.41. The van der Waals surface area contributed by atoms with E-state index >= 15 is 0 Å². The molecule has 5 heteroatoms. The van der Waals surface area contributed by atoms with Crippen LogP contribution in [0.25, 0.3) is 0 Å². The number of hydrogen-bond donors (Lipinski definition) is 1. The largest absolute Gasteiger partial charge is 0.314 e. The minimum atomic E-state index is 0.919. The minimum absolute atomic E-state index is 0.919. The molecule has 122 valence electrons. The SMILES string of the molecule is CN1CCC(CN2CCN(CCN3CCNCC3)CC2)C1. The topological polar surface area (TPSA) is 25.0 Å². The van der Waals surface area contributed by atoms with Gasteiger partial charge in [-0.15, -0.1) is 0 Å². The molecule has 3 rings (SSSR count). The highest BCUT2D eigenvalue weighted by Crippen LogP contribution is 2.16. The van der Waals surface area contributed by atoms with E-state index in [0.717, 1.165) is 5.92 Å². The van der Waals surface area contributed by atoms with Crippen molar-refractivity contribution in [2.45, 2.75) is 6.42 Å². The zero-order valence-corrected chi connectivity index (χ0v) is 13.8. The molecule has 21 heavy (non-hydrogen) atoms. The maximum absolute atomic E-state index is 3.43. The summed E-state index contributed by atoms with van der Waals surface area (Å²) in [6, 6.07) is 0. The van der Waals surface area contributed by atoms with Crippen molar-refractivity contribution in [3.05, 3.63) is 0 Å². The molecule has 0 aromatic carbocycles. The highest BCUT2D eigenvalue weighted by Gasteiger charge is 2.24. The van der Waals surface area contributed by atoms with E-state index in [4.69, 9.17) is 0 Å². The van der Waals surface area contributed by atoms with E-state index in [1.807, 2.05) is 0 Å². The summed E-state index contributed by atoms with van der Waals surface area (Å²) in [6.07, 6.45) is 1.40. The monoisotopic (exact) mass is 295 g/mol. The summed E-state index contributed by atoms with van der Waals surface area (Å²) in [7, 11) is 2.26. The molecule has 5 nitrogen and oxygen atoms in total. The summed E-state index contributed by atoms with van der Waals surface area (Å²) in [5.41, 5.74) is 0. The molecule has 0 radical (unpaired) electrons. The van der Waals surface area contributed by atoms with Crippen molar-refractivity contribution in [1.82, 2.24) is 24.9 Å². The van der Waals surface area contributed by atoms with Gasteiger partial charge in [-0.3, -0.25) is 9.80 Å². The molecule has 0 bridgehead atoms. The third-order valence-corrected chi connectivity index (χ3v) is 5.41. The number of piperazine rings is 2. The molecule has 0 aromatic heterocycles. The fourth-order valence-electron chi connectivity index (χ4n) is 3.95. The molecule has 0 amide bonds. The molecule has 1 unspecified atom stereocenters. The van der Waals surface area contributed by atoms with Gasteiger partial charge in [0.05, 0.1) is 0 Å². The zero-order valence-electron chi connectivity index (χ0n) is 13.8. The Kier molecular flexibility index (Phi) is 5.89. The van der Waals surface area contributed by atoms with Crippen LogP contribution < -0.4 is 5.32 Å². The normalized spacial score (nSPS) is 31.0. The van der Waals surface area contributed by atoms with Crippen molar-refractivity contribution in [3.8, 4) is 0 Å². The first-order valence-electron chi connectivity index (χ1n) is 8.86. The highest BCUT2D eigenvalue weighted by atomic mass is 15.3. The van der Waals surface area contributed by atoms with E-state index in [2.05, 4.69) is 32.0 Å². The second-order valence-corrected chi connectivity index (χ2v) is 7.15. The second-order valence-electron chi connectivity index (χ2n) is 7.15. The van der Waals surface area contributed by atoms with Crippen molar-refractivity contribution in [3.63, 3.8) is 0 Å². The summed E-state index contributed by atoms with van der Waals surface area (Å²) in [5.74, 6) is 0.919. The average Bonchev–Trinajstić information content (AvgIpc) is 2.93. The number of nitrogens with one attached hydrogen (secondary N) is 1. The maximum Gasteiger partial charge on any atom is 0.0110 e. The number of hydrogen-bond acceptors (Lipinski definition) is 5. The Bertz CT molecular complexity index is 297. The number of rotatable bonds is 5. The van der Waals surface area contributed by atoms with Crippen LogP contribution in [0.1, 0.15) is 6.42 Å². The van der Waals surface area contributed by atoms with E-state index in [0.29, 0.717) is 0 Å². The van der Waals surface area contributed by atoms with Crippen molar-refractivity contribution in [2.24, 2.45) is 5.92 Å². The average molecular weight is 295 g/mol. The van der Waals surface area contributed by atoms with E-state index in [-0.39, 0.29) is 0 Å². The lowest BCUT2D eigenvalue weighted by Crippen LogP contribution is -2.51. The lowest BCUT2D eigenvalue weighted by atomic mass is 10.1. The van der Waals surface area contributed by atoms with Crippen molar-refractivity contribution in [2.75, 3.05) is 92.1 Å². The minimum Gasteiger partial charge on any atom is -0.314 e. The molecule has 3 aliphatic heterocycles. The van der Waals surface area contributed by atoms with Gasteiger partial charge in [-0.25, -0.2) is 0 Å². The van der Waals surface area contributed by atoms with Crippen LogP contribution in [0, 0.1) is 5.92 Å². The Labute approximate surface area is 130 Å². The van der Waals surface area contributed by atoms with Gasteiger partial charge >= 0.3 is 0 Å². The van der Waals surface area contributed by atoms with E-state index < -0.39 is 0 Å². The van der Waals surface area contributed by atoms with Gasteiger partial charge in [0, 0.05) is 78.5 Å². The van der Waals surface area contributed by atoms with Gasteiger partial charge in [0.25, 0.3) is 0 Å². The second kappa shape index (κ2) is 7.88. The summed E-state index contributed by atoms with van der Waals surface area (Å²) >= 11 is 0. The summed E-state index contributed by atoms with van der Waals surface area (Å²) < 4.78 is 0. The van der Waals surface area contributed by atoms with Gasteiger partial charge in [-0.2, -0.15) is 0 Å².